The lowest BCUT2D eigenvalue weighted by Crippen LogP contribution is -2.47. The third-order valence-corrected chi connectivity index (χ3v) is 6.63. The predicted molar refractivity (Wildman–Crippen MR) is 120 cm³/mol. The fourth-order valence-corrected chi connectivity index (χ4v) is 4.77. The van der Waals surface area contributed by atoms with E-state index >= 15 is 0 Å². The summed E-state index contributed by atoms with van der Waals surface area (Å²) < 4.78 is 11.9. The SMILES string of the molecule is CN=C(NCCCCCN1CCCCC1)N1CCC(OCC2CCCCO2)CC1. The second-order valence-corrected chi connectivity index (χ2v) is 8.95. The summed E-state index contributed by atoms with van der Waals surface area (Å²) in [4.78, 5) is 9.54. The molecular weight excluding hydrogens is 364 g/mol. The van der Waals surface area contributed by atoms with Gasteiger partial charge in [0.25, 0.3) is 0 Å². The van der Waals surface area contributed by atoms with Gasteiger partial charge in [0.15, 0.2) is 5.96 Å². The molecular formula is C23H44N4O2. The summed E-state index contributed by atoms with van der Waals surface area (Å²) in [6, 6.07) is 0. The number of likely N-dealkylation sites (tertiary alicyclic amines) is 2. The first-order valence-corrected chi connectivity index (χ1v) is 12.3. The largest absolute Gasteiger partial charge is 0.376 e. The topological polar surface area (TPSA) is 49.3 Å². The Kier molecular flexibility index (Phi) is 10.6. The Balaban J connectivity index is 1.22. The highest BCUT2D eigenvalue weighted by Crippen LogP contribution is 2.18. The van der Waals surface area contributed by atoms with E-state index < -0.39 is 0 Å². The van der Waals surface area contributed by atoms with E-state index in [2.05, 4.69) is 20.1 Å². The minimum atomic E-state index is 0.325. The number of piperidine rings is 2. The van der Waals surface area contributed by atoms with Crippen LogP contribution in [0.15, 0.2) is 4.99 Å². The first-order valence-electron chi connectivity index (χ1n) is 12.3. The minimum Gasteiger partial charge on any atom is -0.376 e. The van der Waals surface area contributed by atoms with E-state index in [0.717, 1.165) is 58.1 Å². The van der Waals surface area contributed by atoms with Crippen LogP contribution in [0.3, 0.4) is 0 Å². The first-order chi connectivity index (χ1) is 14.3. The molecule has 3 saturated heterocycles. The van der Waals surface area contributed by atoms with Crippen LogP contribution in [-0.4, -0.2) is 87.5 Å². The standard InChI is InChI=1S/C23H44N4O2/c1-24-23(25-13-5-2-6-14-26-15-7-3-8-16-26)27-17-11-21(12-18-27)29-20-22-10-4-9-19-28-22/h21-22H,2-20H2,1H3,(H,24,25). The highest BCUT2D eigenvalue weighted by atomic mass is 16.5. The normalized spacial score (nSPS) is 25.3. The summed E-state index contributed by atoms with van der Waals surface area (Å²) >= 11 is 0. The van der Waals surface area contributed by atoms with Gasteiger partial charge in [-0.3, -0.25) is 4.99 Å². The molecule has 1 unspecified atom stereocenters. The Morgan fingerprint density at radius 2 is 1.79 bits per heavy atom. The zero-order valence-electron chi connectivity index (χ0n) is 18.7. The van der Waals surface area contributed by atoms with E-state index in [0.29, 0.717) is 12.2 Å². The average molecular weight is 409 g/mol. The molecule has 0 aliphatic carbocycles. The summed E-state index contributed by atoms with van der Waals surface area (Å²) in [7, 11) is 1.90. The second kappa shape index (κ2) is 13.5. The lowest BCUT2D eigenvalue weighted by molar-refractivity contribution is -0.0721. The maximum atomic E-state index is 6.14. The van der Waals surface area contributed by atoms with E-state index in [-0.39, 0.29) is 0 Å². The molecule has 6 heteroatoms. The highest BCUT2D eigenvalue weighted by Gasteiger charge is 2.23. The molecule has 0 aromatic heterocycles. The number of nitrogens with one attached hydrogen (secondary N) is 1. The number of nitrogens with zero attached hydrogens (tertiary/aromatic N) is 3. The van der Waals surface area contributed by atoms with E-state index in [1.807, 2.05) is 7.05 Å². The quantitative estimate of drug-likeness (QED) is 0.360. The molecule has 29 heavy (non-hydrogen) atoms. The van der Waals surface area contributed by atoms with Crippen molar-refractivity contribution in [3.8, 4) is 0 Å². The van der Waals surface area contributed by atoms with E-state index in [9.17, 15) is 0 Å². The summed E-state index contributed by atoms with van der Waals surface area (Å²) in [5, 5.41) is 3.58. The van der Waals surface area contributed by atoms with Gasteiger partial charge in [-0.2, -0.15) is 0 Å². The fourth-order valence-electron chi connectivity index (χ4n) is 4.77. The number of guanidine groups is 1. The van der Waals surface area contributed by atoms with Crippen LogP contribution < -0.4 is 5.32 Å². The molecule has 3 aliphatic rings. The molecule has 0 aromatic rings. The van der Waals surface area contributed by atoms with Crippen molar-refractivity contribution in [2.75, 3.05) is 59.5 Å². The average Bonchev–Trinajstić information content (AvgIpc) is 2.79. The first kappa shape index (κ1) is 22.8. The maximum Gasteiger partial charge on any atom is 0.193 e. The smallest absolute Gasteiger partial charge is 0.193 e. The van der Waals surface area contributed by atoms with Crippen LogP contribution in [0.5, 0.6) is 0 Å². The Bertz CT molecular complexity index is 454. The van der Waals surface area contributed by atoms with E-state index in [1.54, 1.807) is 0 Å². The minimum absolute atomic E-state index is 0.325. The molecule has 0 radical (unpaired) electrons. The zero-order chi connectivity index (χ0) is 20.2. The molecule has 0 spiro atoms. The van der Waals surface area contributed by atoms with Gasteiger partial charge in [-0.05, 0) is 77.4 Å². The van der Waals surface area contributed by atoms with Crippen LogP contribution in [0, 0.1) is 0 Å². The highest BCUT2D eigenvalue weighted by molar-refractivity contribution is 5.79. The van der Waals surface area contributed by atoms with Crippen LogP contribution in [0.2, 0.25) is 0 Å². The number of ether oxygens (including phenoxy) is 2. The lowest BCUT2D eigenvalue weighted by atomic mass is 10.1. The van der Waals surface area contributed by atoms with Crippen molar-refractivity contribution in [3.63, 3.8) is 0 Å². The van der Waals surface area contributed by atoms with Crippen molar-refractivity contribution in [2.45, 2.75) is 82.8 Å². The lowest BCUT2D eigenvalue weighted by Gasteiger charge is -2.35. The molecule has 1 N–H and O–H groups in total. The van der Waals surface area contributed by atoms with Crippen molar-refractivity contribution in [2.24, 2.45) is 4.99 Å². The van der Waals surface area contributed by atoms with Crippen molar-refractivity contribution in [1.29, 1.82) is 0 Å². The van der Waals surface area contributed by atoms with Crippen LogP contribution in [0.4, 0.5) is 0 Å². The van der Waals surface area contributed by atoms with Gasteiger partial charge in [-0.1, -0.05) is 12.8 Å². The van der Waals surface area contributed by atoms with Crippen LogP contribution in [-0.2, 0) is 9.47 Å². The van der Waals surface area contributed by atoms with Crippen molar-refractivity contribution in [1.82, 2.24) is 15.1 Å². The molecule has 0 aromatic carbocycles. The number of unbranched alkanes of at least 4 members (excludes halogenated alkanes) is 2. The molecule has 0 saturated carbocycles. The van der Waals surface area contributed by atoms with Crippen molar-refractivity contribution >= 4 is 5.96 Å². The molecule has 168 valence electrons. The molecule has 6 nitrogen and oxygen atoms in total. The van der Waals surface area contributed by atoms with Gasteiger partial charge in [0, 0.05) is 33.3 Å². The summed E-state index contributed by atoms with van der Waals surface area (Å²) in [5.41, 5.74) is 0. The Morgan fingerprint density at radius 1 is 0.966 bits per heavy atom. The number of hydrogen-bond acceptors (Lipinski definition) is 4. The third kappa shape index (κ3) is 8.42. The number of rotatable bonds is 9. The monoisotopic (exact) mass is 408 g/mol. The van der Waals surface area contributed by atoms with Gasteiger partial charge in [0.1, 0.15) is 0 Å². The third-order valence-electron chi connectivity index (χ3n) is 6.63. The molecule has 3 heterocycles. The molecule has 1 atom stereocenters. The Morgan fingerprint density at radius 3 is 2.52 bits per heavy atom. The molecule has 0 bridgehead atoms. The van der Waals surface area contributed by atoms with Crippen LogP contribution in [0.1, 0.15) is 70.6 Å². The zero-order valence-corrected chi connectivity index (χ0v) is 18.7. The molecule has 3 rings (SSSR count). The molecule has 0 amide bonds. The Hall–Kier alpha value is -0.850. The van der Waals surface area contributed by atoms with Gasteiger partial charge in [-0.25, -0.2) is 0 Å². The van der Waals surface area contributed by atoms with E-state index in [1.165, 1.54) is 71.0 Å². The Labute approximate surface area is 178 Å². The summed E-state index contributed by atoms with van der Waals surface area (Å²) in [5.74, 6) is 1.06. The molecule has 3 fully saturated rings. The van der Waals surface area contributed by atoms with Gasteiger partial charge in [0.2, 0.25) is 0 Å². The summed E-state index contributed by atoms with van der Waals surface area (Å²) in [6.45, 7) is 8.70. The van der Waals surface area contributed by atoms with E-state index in [4.69, 9.17) is 9.47 Å². The number of hydrogen-bond donors (Lipinski definition) is 1. The van der Waals surface area contributed by atoms with Gasteiger partial charge in [-0.15, -0.1) is 0 Å². The van der Waals surface area contributed by atoms with Crippen molar-refractivity contribution in [3.05, 3.63) is 0 Å². The van der Waals surface area contributed by atoms with Gasteiger partial charge in [0.05, 0.1) is 18.8 Å². The molecule has 3 aliphatic heterocycles. The second-order valence-electron chi connectivity index (χ2n) is 8.95. The summed E-state index contributed by atoms with van der Waals surface area (Å²) in [6.07, 6.45) is 14.6. The maximum absolute atomic E-state index is 6.14. The van der Waals surface area contributed by atoms with Crippen LogP contribution in [0.25, 0.3) is 0 Å². The number of aliphatic imine (C=N–C) groups is 1. The van der Waals surface area contributed by atoms with Gasteiger partial charge < -0.3 is 24.6 Å². The fraction of sp³-hybridized carbons (Fsp3) is 0.957. The van der Waals surface area contributed by atoms with Crippen LogP contribution >= 0.6 is 0 Å². The van der Waals surface area contributed by atoms with Gasteiger partial charge >= 0.3 is 0 Å². The van der Waals surface area contributed by atoms with Crippen molar-refractivity contribution < 1.29 is 9.47 Å². The predicted octanol–water partition coefficient (Wildman–Crippen LogP) is 3.27.